The van der Waals surface area contributed by atoms with Crippen molar-refractivity contribution in [1.82, 2.24) is 9.80 Å². The smallest absolute Gasteiger partial charge is 0.147 e. The van der Waals surface area contributed by atoms with Crippen molar-refractivity contribution in [3.8, 4) is 6.07 Å². The molecule has 0 amide bonds. The third kappa shape index (κ3) is 5.07. The molecule has 0 radical (unpaired) electrons. The van der Waals surface area contributed by atoms with Gasteiger partial charge in [-0.2, -0.15) is 5.26 Å². The van der Waals surface area contributed by atoms with Gasteiger partial charge in [0, 0.05) is 43.2 Å². The van der Waals surface area contributed by atoms with Crippen LogP contribution in [0.3, 0.4) is 0 Å². The Morgan fingerprint density at radius 3 is 2.78 bits per heavy atom. The van der Waals surface area contributed by atoms with Crippen LogP contribution >= 0.6 is 15.9 Å². The van der Waals surface area contributed by atoms with E-state index in [1.165, 1.54) is 11.6 Å². The fourth-order valence-electron chi connectivity index (χ4n) is 3.49. The summed E-state index contributed by atoms with van der Waals surface area (Å²) in [4.78, 5) is 4.89. The van der Waals surface area contributed by atoms with Gasteiger partial charge in [-0.1, -0.05) is 30.3 Å². The Labute approximate surface area is 168 Å². The van der Waals surface area contributed by atoms with Crippen molar-refractivity contribution < 1.29 is 4.39 Å². The number of halogens is 2. The lowest BCUT2D eigenvalue weighted by atomic mass is 10.0. The molecule has 1 heterocycles. The molecular weight excluding hydrogens is 407 g/mol. The Hall–Kier alpha value is -1.94. The van der Waals surface area contributed by atoms with E-state index in [0.717, 1.165) is 32.6 Å². The number of likely N-dealkylation sites (N-methyl/N-ethyl adjacent to an activating group) is 1. The first-order valence-corrected chi connectivity index (χ1v) is 9.98. The van der Waals surface area contributed by atoms with Crippen molar-refractivity contribution >= 4 is 21.6 Å². The minimum atomic E-state index is -0.392. The highest BCUT2D eigenvalue weighted by atomic mass is 79.9. The van der Waals surface area contributed by atoms with Gasteiger partial charge in [0.2, 0.25) is 0 Å². The molecule has 0 bridgehead atoms. The maximum atomic E-state index is 14.1. The third-order valence-electron chi connectivity index (χ3n) is 4.99. The van der Waals surface area contributed by atoms with Crippen molar-refractivity contribution in [3.05, 3.63) is 63.9 Å². The normalized spacial score (nSPS) is 18.2. The zero-order chi connectivity index (χ0) is 19.2. The van der Waals surface area contributed by atoms with E-state index in [4.69, 9.17) is 5.26 Å². The predicted molar refractivity (Wildman–Crippen MR) is 110 cm³/mol. The molecule has 0 aromatic heterocycles. The summed E-state index contributed by atoms with van der Waals surface area (Å²) in [7, 11) is 2.17. The first-order valence-electron chi connectivity index (χ1n) is 9.19. The van der Waals surface area contributed by atoms with Gasteiger partial charge in [-0.05, 0) is 47.1 Å². The highest BCUT2D eigenvalue weighted by molar-refractivity contribution is 9.10. The largest absolute Gasteiger partial charge is 0.383 e. The van der Waals surface area contributed by atoms with Gasteiger partial charge in [-0.15, -0.1) is 0 Å². The second kappa shape index (κ2) is 9.32. The number of rotatable bonds is 6. The van der Waals surface area contributed by atoms with Gasteiger partial charge in [0.25, 0.3) is 0 Å². The summed E-state index contributed by atoms with van der Waals surface area (Å²) in [6.45, 7) is 4.76. The summed E-state index contributed by atoms with van der Waals surface area (Å²) < 4.78 is 14.7. The standard InChI is InChI=1S/C21H24BrFN4/c1-26-10-11-27(21(15-26)16-6-3-2-4-7-16)9-5-8-25-20-13-18(22)17(14-24)12-19(20)23/h2-4,6-7,12-13,21,25H,5,8-11,15H2,1H3. The molecule has 0 aliphatic carbocycles. The molecule has 0 saturated carbocycles. The summed E-state index contributed by atoms with van der Waals surface area (Å²) in [5, 5.41) is 12.1. The molecule has 2 aromatic carbocycles. The molecule has 0 spiro atoms. The van der Waals surface area contributed by atoms with Crippen LogP contribution in [0.15, 0.2) is 46.9 Å². The van der Waals surface area contributed by atoms with Crippen LogP contribution in [0.25, 0.3) is 0 Å². The van der Waals surface area contributed by atoms with Crippen LogP contribution in [-0.4, -0.2) is 49.6 Å². The second-order valence-corrected chi connectivity index (χ2v) is 7.78. The Kier molecular flexibility index (Phi) is 6.84. The number of hydrogen-bond acceptors (Lipinski definition) is 4. The molecule has 4 nitrogen and oxygen atoms in total. The number of nitriles is 1. The number of benzene rings is 2. The average molecular weight is 431 g/mol. The van der Waals surface area contributed by atoms with Gasteiger partial charge in [-0.3, -0.25) is 4.90 Å². The zero-order valence-electron chi connectivity index (χ0n) is 15.5. The van der Waals surface area contributed by atoms with Crippen molar-refractivity contribution in [3.63, 3.8) is 0 Å². The average Bonchev–Trinajstić information content (AvgIpc) is 2.69. The monoisotopic (exact) mass is 430 g/mol. The van der Waals surface area contributed by atoms with E-state index in [2.05, 4.69) is 68.4 Å². The lowest BCUT2D eigenvalue weighted by Gasteiger charge is -2.40. The van der Waals surface area contributed by atoms with E-state index in [1.807, 2.05) is 6.07 Å². The fraction of sp³-hybridized carbons (Fsp3) is 0.381. The maximum Gasteiger partial charge on any atom is 0.147 e. The van der Waals surface area contributed by atoms with Crippen LogP contribution < -0.4 is 5.32 Å². The van der Waals surface area contributed by atoms with Crippen LogP contribution in [0.4, 0.5) is 10.1 Å². The SMILES string of the molecule is CN1CCN(CCCNc2cc(Br)c(C#N)cc2F)C(c2ccccc2)C1. The second-order valence-electron chi connectivity index (χ2n) is 6.93. The minimum absolute atomic E-state index is 0.307. The van der Waals surface area contributed by atoms with Crippen molar-refractivity contribution in [2.24, 2.45) is 0 Å². The summed E-state index contributed by atoms with van der Waals surface area (Å²) >= 11 is 3.31. The first kappa shape index (κ1) is 19.8. The topological polar surface area (TPSA) is 42.3 Å². The van der Waals surface area contributed by atoms with Crippen molar-refractivity contribution in [2.75, 3.05) is 45.1 Å². The zero-order valence-corrected chi connectivity index (χ0v) is 17.0. The quantitative estimate of drug-likeness (QED) is 0.695. The molecule has 1 unspecified atom stereocenters. The highest BCUT2D eigenvalue weighted by Gasteiger charge is 2.25. The minimum Gasteiger partial charge on any atom is -0.383 e. The number of nitrogens with one attached hydrogen (secondary N) is 1. The van der Waals surface area contributed by atoms with E-state index in [1.54, 1.807) is 6.07 Å². The van der Waals surface area contributed by atoms with E-state index < -0.39 is 5.82 Å². The molecule has 27 heavy (non-hydrogen) atoms. The molecule has 6 heteroatoms. The van der Waals surface area contributed by atoms with Gasteiger partial charge in [0.05, 0.1) is 11.3 Å². The fourth-order valence-corrected chi connectivity index (χ4v) is 3.92. The highest BCUT2D eigenvalue weighted by Crippen LogP contribution is 2.26. The van der Waals surface area contributed by atoms with E-state index in [9.17, 15) is 4.39 Å². The molecule has 3 rings (SSSR count). The van der Waals surface area contributed by atoms with Gasteiger partial charge in [0.15, 0.2) is 0 Å². The Balaban J connectivity index is 1.56. The van der Waals surface area contributed by atoms with Crippen molar-refractivity contribution in [1.29, 1.82) is 5.26 Å². The summed E-state index contributed by atoms with van der Waals surface area (Å²) in [5.74, 6) is -0.392. The molecule has 1 N–H and O–H groups in total. The molecule has 1 aliphatic rings. The lowest BCUT2D eigenvalue weighted by Crippen LogP contribution is -2.47. The lowest BCUT2D eigenvalue weighted by molar-refractivity contribution is 0.0896. The predicted octanol–water partition coefficient (Wildman–Crippen LogP) is 4.25. The van der Waals surface area contributed by atoms with Crippen LogP contribution in [0.5, 0.6) is 0 Å². The number of piperazine rings is 1. The molecular formula is C21H24BrFN4. The van der Waals surface area contributed by atoms with Gasteiger partial charge < -0.3 is 10.2 Å². The van der Waals surface area contributed by atoms with E-state index >= 15 is 0 Å². The molecule has 2 aromatic rings. The molecule has 1 atom stereocenters. The summed E-state index contributed by atoms with van der Waals surface area (Å²) in [6.07, 6.45) is 0.921. The van der Waals surface area contributed by atoms with Gasteiger partial charge in [0.1, 0.15) is 11.9 Å². The van der Waals surface area contributed by atoms with Gasteiger partial charge in [-0.25, -0.2) is 4.39 Å². The van der Waals surface area contributed by atoms with Crippen LogP contribution in [0.1, 0.15) is 23.6 Å². The van der Waals surface area contributed by atoms with E-state index in [-0.39, 0.29) is 0 Å². The van der Waals surface area contributed by atoms with Gasteiger partial charge >= 0.3 is 0 Å². The molecule has 1 saturated heterocycles. The Morgan fingerprint density at radius 1 is 1.26 bits per heavy atom. The number of nitrogens with zero attached hydrogens (tertiary/aromatic N) is 3. The number of hydrogen-bond donors (Lipinski definition) is 1. The first-order chi connectivity index (χ1) is 13.1. The maximum absolute atomic E-state index is 14.1. The molecule has 1 fully saturated rings. The molecule has 1 aliphatic heterocycles. The third-order valence-corrected chi connectivity index (χ3v) is 5.65. The van der Waals surface area contributed by atoms with E-state index in [0.29, 0.717) is 28.3 Å². The Bertz CT molecular complexity index is 806. The number of anilines is 1. The van der Waals surface area contributed by atoms with Crippen LogP contribution in [-0.2, 0) is 0 Å². The van der Waals surface area contributed by atoms with Crippen LogP contribution in [0.2, 0.25) is 0 Å². The van der Waals surface area contributed by atoms with Crippen molar-refractivity contribution in [2.45, 2.75) is 12.5 Å². The van der Waals surface area contributed by atoms with Crippen LogP contribution in [0, 0.1) is 17.1 Å². The Morgan fingerprint density at radius 2 is 2.04 bits per heavy atom. The summed E-state index contributed by atoms with van der Waals surface area (Å²) in [5.41, 5.74) is 2.08. The molecule has 142 valence electrons. The summed E-state index contributed by atoms with van der Waals surface area (Å²) in [6, 6.07) is 15.9.